The van der Waals surface area contributed by atoms with E-state index in [-0.39, 0.29) is 11.9 Å². The fraction of sp³-hybridized carbons (Fsp3) is 0.304. The normalized spacial score (nSPS) is 12.0. The minimum absolute atomic E-state index is 0.0526. The number of benzene rings is 2. The lowest BCUT2D eigenvalue weighted by molar-refractivity contribution is 0.0939. The molecule has 7 heteroatoms. The van der Waals surface area contributed by atoms with Gasteiger partial charge < -0.3 is 19.5 Å². The van der Waals surface area contributed by atoms with Crippen LogP contribution in [0.2, 0.25) is 0 Å². The Morgan fingerprint density at radius 2 is 1.93 bits per heavy atom. The summed E-state index contributed by atoms with van der Waals surface area (Å²) < 4.78 is 10.5. The van der Waals surface area contributed by atoms with Crippen molar-refractivity contribution in [1.82, 2.24) is 15.4 Å². The summed E-state index contributed by atoms with van der Waals surface area (Å²) in [6, 6.07) is 17.5. The Morgan fingerprint density at radius 1 is 1.20 bits per heavy atom. The average Bonchev–Trinajstić information content (AvgIpc) is 3.17. The third-order valence-electron chi connectivity index (χ3n) is 4.76. The van der Waals surface area contributed by atoms with Gasteiger partial charge in [-0.25, -0.2) is 0 Å². The van der Waals surface area contributed by atoms with Gasteiger partial charge in [0.05, 0.1) is 30.2 Å². The van der Waals surface area contributed by atoms with Gasteiger partial charge in [-0.1, -0.05) is 29.4 Å². The molecule has 6 nitrogen and oxygen atoms in total. The van der Waals surface area contributed by atoms with Gasteiger partial charge in [-0.15, -0.1) is 11.8 Å². The van der Waals surface area contributed by atoms with E-state index in [0.717, 1.165) is 27.7 Å². The van der Waals surface area contributed by atoms with Gasteiger partial charge in [0.15, 0.2) is 0 Å². The predicted molar refractivity (Wildman–Crippen MR) is 119 cm³/mol. The number of aryl methyl sites for hydroxylation is 1. The van der Waals surface area contributed by atoms with Crippen LogP contribution in [0.1, 0.15) is 33.4 Å². The molecule has 0 radical (unpaired) electrons. The SMILES string of the molecule is COc1ccc(C(CNC(=O)c2ccccc2SCc2cc(C)no2)N(C)C)cc1. The van der Waals surface area contributed by atoms with Crippen molar-refractivity contribution in [2.45, 2.75) is 23.6 Å². The van der Waals surface area contributed by atoms with E-state index in [1.165, 1.54) is 0 Å². The first-order valence-corrected chi connectivity index (χ1v) is 10.7. The van der Waals surface area contributed by atoms with Crippen molar-refractivity contribution in [2.24, 2.45) is 0 Å². The second kappa shape index (κ2) is 10.3. The third kappa shape index (κ3) is 5.64. The maximum absolute atomic E-state index is 12.9. The zero-order chi connectivity index (χ0) is 21.5. The molecule has 1 amide bonds. The van der Waals surface area contributed by atoms with Crippen LogP contribution in [0.5, 0.6) is 5.75 Å². The Balaban J connectivity index is 1.66. The lowest BCUT2D eigenvalue weighted by atomic mass is 10.1. The van der Waals surface area contributed by atoms with Crippen LogP contribution in [-0.4, -0.2) is 43.7 Å². The van der Waals surface area contributed by atoms with Crippen LogP contribution >= 0.6 is 11.8 Å². The number of nitrogens with one attached hydrogen (secondary N) is 1. The second-order valence-electron chi connectivity index (χ2n) is 7.18. The van der Waals surface area contributed by atoms with Gasteiger partial charge in [-0.05, 0) is 50.8 Å². The van der Waals surface area contributed by atoms with Crippen molar-refractivity contribution in [3.63, 3.8) is 0 Å². The van der Waals surface area contributed by atoms with Crippen LogP contribution in [0.25, 0.3) is 0 Å². The van der Waals surface area contributed by atoms with Crippen molar-refractivity contribution in [3.8, 4) is 5.75 Å². The second-order valence-corrected chi connectivity index (χ2v) is 8.20. The molecule has 0 fully saturated rings. The van der Waals surface area contributed by atoms with Crippen LogP contribution in [0.4, 0.5) is 0 Å². The maximum atomic E-state index is 12.9. The van der Waals surface area contributed by atoms with Gasteiger partial charge in [-0.3, -0.25) is 4.79 Å². The monoisotopic (exact) mass is 425 g/mol. The summed E-state index contributed by atoms with van der Waals surface area (Å²) in [5, 5.41) is 7.00. The quantitative estimate of drug-likeness (QED) is 0.515. The number of carbonyl (C=O) groups excluding carboxylic acids is 1. The Labute approximate surface area is 181 Å². The van der Waals surface area contributed by atoms with Gasteiger partial charge in [0.1, 0.15) is 11.5 Å². The van der Waals surface area contributed by atoms with Crippen molar-refractivity contribution in [1.29, 1.82) is 0 Å². The largest absolute Gasteiger partial charge is 0.497 e. The summed E-state index contributed by atoms with van der Waals surface area (Å²) in [4.78, 5) is 15.9. The molecule has 0 aliphatic heterocycles. The molecule has 3 rings (SSSR count). The average molecular weight is 426 g/mol. The summed E-state index contributed by atoms with van der Waals surface area (Å²) in [5.41, 5.74) is 2.63. The van der Waals surface area contributed by atoms with E-state index in [9.17, 15) is 4.79 Å². The van der Waals surface area contributed by atoms with Crippen molar-refractivity contribution >= 4 is 17.7 Å². The Kier molecular flexibility index (Phi) is 7.54. The maximum Gasteiger partial charge on any atom is 0.252 e. The number of hydrogen-bond acceptors (Lipinski definition) is 6. The van der Waals surface area contributed by atoms with Gasteiger partial charge in [-0.2, -0.15) is 0 Å². The summed E-state index contributed by atoms with van der Waals surface area (Å²) in [6.45, 7) is 2.39. The van der Waals surface area contributed by atoms with E-state index in [2.05, 4.69) is 15.4 Å². The Hall–Kier alpha value is -2.77. The van der Waals surface area contributed by atoms with E-state index in [4.69, 9.17) is 9.26 Å². The number of ether oxygens (including phenoxy) is 1. The summed E-state index contributed by atoms with van der Waals surface area (Å²) >= 11 is 1.56. The van der Waals surface area contributed by atoms with Crippen molar-refractivity contribution < 1.29 is 14.1 Å². The van der Waals surface area contributed by atoms with Gasteiger partial charge in [0.25, 0.3) is 5.91 Å². The minimum Gasteiger partial charge on any atom is -0.497 e. The first kappa shape index (κ1) is 21.9. The number of carbonyl (C=O) groups is 1. The third-order valence-corrected chi connectivity index (χ3v) is 5.85. The molecule has 1 N–H and O–H groups in total. The molecule has 0 saturated carbocycles. The van der Waals surface area contributed by atoms with E-state index in [0.29, 0.717) is 17.9 Å². The Morgan fingerprint density at radius 3 is 2.57 bits per heavy atom. The zero-order valence-corrected chi connectivity index (χ0v) is 18.5. The lowest BCUT2D eigenvalue weighted by Crippen LogP contribution is -2.34. The van der Waals surface area contributed by atoms with E-state index < -0.39 is 0 Å². The number of hydrogen-bond donors (Lipinski definition) is 1. The molecule has 0 spiro atoms. The molecule has 0 aliphatic carbocycles. The van der Waals surface area contributed by atoms with Crippen LogP contribution in [0.3, 0.4) is 0 Å². The van der Waals surface area contributed by atoms with E-state index in [1.54, 1.807) is 18.9 Å². The molecular weight excluding hydrogens is 398 g/mol. The Bertz CT molecular complexity index is 970. The molecule has 0 bridgehead atoms. The highest BCUT2D eigenvalue weighted by atomic mass is 32.2. The highest BCUT2D eigenvalue weighted by Crippen LogP contribution is 2.27. The van der Waals surface area contributed by atoms with Crippen LogP contribution < -0.4 is 10.1 Å². The number of methoxy groups -OCH3 is 1. The highest BCUT2D eigenvalue weighted by Gasteiger charge is 2.18. The number of nitrogens with zero attached hydrogens (tertiary/aromatic N) is 2. The van der Waals surface area contributed by atoms with Crippen molar-refractivity contribution in [3.05, 3.63) is 77.2 Å². The molecule has 0 saturated heterocycles. The fourth-order valence-electron chi connectivity index (χ4n) is 3.12. The smallest absolute Gasteiger partial charge is 0.252 e. The summed E-state index contributed by atoms with van der Waals surface area (Å²) in [6.07, 6.45) is 0. The molecular formula is C23H27N3O3S. The number of rotatable bonds is 9. The van der Waals surface area contributed by atoms with Crippen LogP contribution in [0.15, 0.2) is 64.0 Å². The summed E-state index contributed by atoms with van der Waals surface area (Å²) in [7, 11) is 5.66. The molecule has 3 aromatic rings. The number of likely N-dealkylation sites (N-methyl/N-ethyl adjacent to an activating group) is 1. The topological polar surface area (TPSA) is 67.6 Å². The van der Waals surface area contributed by atoms with Crippen LogP contribution in [-0.2, 0) is 5.75 Å². The zero-order valence-electron chi connectivity index (χ0n) is 17.7. The first-order valence-electron chi connectivity index (χ1n) is 9.70. The molecule has 0 aliphatic rings. The molecule has 1 atom stereocenters. The van der Waals surface area contributed by atoms with Crippen molar-refractivity contribution in [2.75, 3.05) is 27.7 Å². The standard InChI is InChI=1S/C23H27N3O3S/c1-16-13-19(29-25-16)15-30-22-8-6-5-7-20(22)23(27)24-14-21(26(2)3)17-9-11-18(28-4)12-10-17/h5-13,21H,14-15H2,1-4H3,(H,24,27). The number of amides is 1. The van der Waals surface area contributed by atoms with Crippen LogP contribution in [0, 0.1) is 6.92 Å². The van der Waals surface area contributed by atoms with Gasteiger partial charge in [0.2, 0.25) is 0 Å². The molecule has 1 heterocycles. The number of aromatic nitrogens is 1. The highest BCUT2D eigenvalue weighted by molar-refractivity contribution is 7.98. The molecule has 2 aromatic carbocycles. The summed E-state index contributed by atoms with van der Waals surface area (Å²) in [5.74, 6) is 2.14. The molecule has 1 unspecified atom stereocenters. The molecule has 158 valence electrons. The first-order chi connectivity index (χ1) is 14.5. The van der Waals surface area contributed by atoms with Gasteiger partial charge >= 0.3 is 0 Å². The number of thioether (sulfide) groups is 1. The fourth-order valence-corrected chi connectivity index (χ4v) is 4.05. The van der Waals surface area contributed by atoms with E-state index in [1.807, 2.05) is 75.6 Å². The molecule has 30 heavy (non-hydrogen) atoms. The van der Waals surface area contributed by atoms with E-state index >= 15 is 0 Å². The van der Waals surface area contributed by atoms with Gasteiger partial charge in [0, 0.05) is 17.5 Å². The molecule has 1 aromatic heterocycles. The predicted octanol–water partition coefficient (Wildman–Crippen LogP) is 4.32. The lowest BCUT2D eigenvalue weighted by Gasteiger charge is -2.25. The minimum atomic E-state index is -0.0905.